The van der Waals surface area contributed by atoms with Crippen molar-refractivity contribution < 1.29 is 9.90 Å². The summed E-state index contributed by atoms with van der Waals surface area (Å²) in [5, 5.41) is 12.3. The lowest BCUT2D eigenvalue weighted by atomic mass is 10.2. The van der Waals surface area contributed by atoms with Crippen molar-refractivity contribution in [1.29, 1.82) is 0 Å². The van der Waals surface area contributed by atoms with Gasteiger partial charge in [0, 0.05) is 12.2 Å². The number of carboxylic acid groups (broad SMARTS) is 1. The number of halogens is 1. The summed E-state index contributed by atoms with van der Waals surface area (Å²) in [7, 11) is 0. The van der Waals surface area contributed by atoms with Crippen molar-refractivity contribution in [2.24, 2.45) is 0 Å². The van der Waals surface area contributed by atoms with Gasteiger partial charge in [0.05, 0.1) is 10.6 Å². The largest absolute Gasteiger partial charge is 0.478 e. The van der Waals surface area contributed by atoms with Crippen LogP contribution in [-0.4, -0.2) is 29.6 Å². The predicted molar refractivity (Wildman–Crippen MR) is 69.9 cm³/mol. The molecule has 0 heterocycles. The molecule has 0 aliphatic rings. The van der Waals surface area contributed by atoms with Gasteiger partial charge >= 0.3 is 5.97 Å². The Hall–Kier alpha value is -0.870. The molecule has 0 radical (unpaired) electrons. The minimum atomic E-state index is -1.00. The average molecular weight is 260 g/mol. The van der Waals surface area contributed by atoms with E-state index in [0.29, 0.717) is 0 Å². The van der Waals surface area contributed by atoms with E-state index in [1.54, 1.807) is 23.9 Å². The molecule has 1 rings (SSSR count). The van der Waals surface area contributed by atoms with E-state index in [4.69, 9.17) is 16.7 Å². The normalized spacial score (nSPS) is 10.1. The third kappa shape index (κ3) is 3.94. The highest BCUT2D eigenvalue weighted by molar-refractivity contribution is 7.98. The highest BCUT2D eigenvalue weighted by atomic mass is 35.5. The lowest BCUT2D eigenvalue weighted by Gasteiger charge is -2.07. The second-order valence-electron chi connectivity index (χ2n) is 3.27. The van der Waals surface area contributed by atoms with Crippen LogP contribution in [0.1, 0.15) is 16.8 Å². The molecule has 0 saturated heterocycles. The number of aromatic carboxylic acids is 1. The lowest BCUT2D eigenvalue weighted by Crippen LogP contribution is -2.04. The zero-order valence-electron chi connectivity index (χ0n) is 9.00. The van der Waals surface area contributed by atoms with Crippen LogP contribution in [0.25, 0.3) is 0 Å². The zero-order chi connectivity index (χ0) is 12.0. The van der Waals surface area contributed by atoms with Crippen LogP contribution in [0.3, 0.4) is 0 Å². The van der Waals surface area contributed by atoms with Crippen LogP contribution in [0, 0.1) is 0 Å². The maximum atomic E-state index is 10.7. The zero-order valence-corrected chi connectivity index (χ0v) is 10.6. The van der Waals surface area contributed by atoms with Gasteiger partial charge in [0.25, 0.3) is 0 Å². The van der Waals surface area contributed by atoms with Gasteiger partial charge in [0.15, 0.2) is 0 Å². The standard InChI is InChI=1S/C11H14ClNO2S/c1-16-6-2-5-13-8-3-4-9(11(14)15)10(12)7-8/h3-4,7,13H,2,5-6H2,1H3,(H,14,15). The van der Waals surface area contributed by atoms with E-state index in [1.165, 1.54) is 6.07 Å². The van der Waals surface area contributed by atoms with Crippen molar-refractivity contribution in [3.8, 4) is 0 Å². The molecule has 0 amide bonds. The minimum Gasteiger partial charge on any atom is -0.478 e. The number of hydrogen-bond acceptors (Lipinski definition) is 3. The Labute approximate surface area is 104 Å². The first kappa shape index (κ1) is 13.2. The Morgan fingerprint density at radius 3 is 2.88 bits per heavy atom. The van der Waals surface area contributed by atoms with E-state index in [0.717, 1.165) is 24.4 Å². The average Bonchev–Trinajstić information content (AvgIpc) is 2.24. The summed E-state index contributed by atoms with van der Waals surface area (Å²) in [5.41, 5.74) is 0.993. The topological polar surface area (TPSA) is 49.3 Å². The van der Waals surface area contributed by atoms with Gasteiger partial charge in [-0.1, -0.05) is 11.6 Å². The highest BCUT2D eigenvalue weighted by Crippen LogP contribution is 2.20. The molecule has 0 aliphatic carbocycles. The third-order valence-corrected chi connectivity index (χ3v) is 3.06. The summed E-state index contributed by atoms with van der Waals surface area (Å²) in [5.74, 6) is 0.104. The first-order chi connectivity index (χ1) is 7.65. The van der Waals surface area contributed by atoms with Crippen LogP contribution >= 0.6 is 23.4 Å². The molecule has 1 aromatic carbocycles. The number of rotatable bonds is 6. The molecule has 5 heteroatoms. The molecule has 0 spiro atoms. The number of hydrogen-bond donors (Lipinski definition) is 2. The van der Waals surface area contributed by atoms with Crippen molar-refractivity contribution in [2.75, 3.05) is 23.9 Å². The van der Waals surface area contributed by atoms with E-state index < -0.39 is 5.97 Å². The molecule has 0 saturated carbocycles. The number of anilines is 1. The van der Waals surface area contributed by atoms with Crippen molar-refractivity contribution in [3.05, 3.63) is 28.8 Å². The van der Waals surface area contributed by atoms with Crippen LogP contribution in [-0.2, 0) is 0 Å². The predicted octanol–water partition coefficient (Wildman–Crippen LogP) is 3.20. The Morgan fingerprint density at radius 1 is 1.56 bits per heavy atom. The Balaban J connectivity index is 2.56. The fourth-order valence-corrected chi connectivity index (χ4v) is 1.94. The SMILES string of the molecule is CSCCCNc1ccc(C(=O)O)c(Cl)c1. The van der Waals surface area contributed by atoms with Gasteiger partial charge in [-0.05, 0) is 36.6 Å². The molecule has 0 fully saturated rings. The second-order valence-corrected chi connectivity index (χ2v) is 4.67. The number of carbonyl (C=O) groups is 1. The van der Waals surface area contributed by atoms with Crippen LogP contribution < -0.4 is 5.32 Å². The maximum absolute atomic E-state index is 10.7. The van der Waals surface area contributed by atoms with E-state index in [1.807, 2.05) is 0 Å². The number of carboxylic acids is 1. The van der Waals surface area contributed by atoms with Crippen molar-refractivity contribution in [3.63, 3.8) is 0 Å². The van der Waals surface area contributed by atoms with Crippen molar-refractivity contribution >= 4 is 35.0 Å². The smallest absolute Gasteiger partial charge is 0.337 e. The van der Waals surface area contributed by atoms with Crippen LogP contribution in [0.4, 0.5) is 5.69 Å². The highest BCUT2D eigenvalue weighted by Gasteiger charge is 2.08. The van der Waals surface area contributed by atoms with Crippen molar-refractivity contribution in [2.45, 2.75) is 6.42 Å². The van der Waals surface area contributed by atoms with Gasteiger partial charge in [0.2, 0.25) is 0 Å². The molecular weight excluding hydrogens is 246 g/mol. The molecular formula is C11H14ClNO2S. The molecule has 0 unspecified atom stereocenters. The van der Waals surface area contributed by atoms with Gasteiger partial charge in [-0.2, -0.15) is 11.8 Å². The summed E-state index contributed by atoms with van der Waals surface area (Å²) >= 11 is 7.64. The molecule has 3 nitrogen and oxygen atoms in total. The fourth-order valence-electron chi connectivity index (χ4n) is 1.25. The Kier molecular flexibility index (Phi) is 5.49. The summed E-state index contributed by atoms with van der Waals surface area (Å²) < 4.78 is 0. The summed E-state index contributed by atoms with van der Waals surface area (Å²) in [6, 6.07) is 4.89. The minimum absolute atomic E-state index is 0.135. The number of benzene rings is 1. The fraction of sp³-hybridized carbons (Fsp3) is 0.364. The van der Waals surface area contributed by atoms with Crippen LogP contribution in [0.15, 0.2) is 18.2 Å². The van der Waals surface area contributed by atoms with Gasteiger partial charge in [-0.25, -0.2) is 4.79 Å². The lowest BCUT2D eigenvalue weighted by molar-refractivity contribution is 0.0697. The molecule has 0 atom stereocenters. The van der Waals surface area contributed by atoms with Gasteiger partial charge < -0.3 is 10.4 Å². The van der Waals surface area contributed by atoms with E-state index in [-0.39, 0.29) is 10.6 Å². The first-order valence-electron chi connectivity index (χ1n) is 4.91. The molecule has 0 aromatic heterocycles. The molecule has 88 valence electrons. The van der Waals surface area contributed by atoms with E-state index >= 15 is 0 Å². The Bertz CT molecular complexity index is 371. The molecule has 1 aromatic rings. The van der Waals surface area contributed by atoms with Crippen molar-refractivity contribution in [1.82, 2.24) is 0 Å². The second kappa shape index (κ2) is 6.66. The monoisotopic (exact) mass is 259 g/mol. The van der Waals surface area contributed by atoms with E-state index in [2.05, 4.69) is 11.6 Å². The molecule has 0 bridgehead atoms. The van der Waals surface area contributed by atoms with E-state index in [9.17, 15) is 4.79 Å². The van der Waals surface area contributed by atoms with Crippen LogP contribution in [0.5, 0.6) is 0 Å². The molecule has 2 N–H and O–H groups in total. The number of nitrogens with one attached hydrogen (secondary N) is 1. The summed E-state index contributed by atoms with van der Waals surface area (Å²) in [6.07, 6.45) is 3.14. The third-order valence-electron chi connectivity index (χ3n) is 2.05. The maximum Gasteiger partial charge on any atom is 0.337 e. The molecule has 16 heavy (non-hydrogen) atoms. The Morgan fingerprint density at radius 2 is 2.31 bits per heavy atom. The first-order valence-corrected chi connectivity index (χ1v) is 6.68. The van der Waals surface area contributed by atoms with Gasteiger partial charge in [-0.3, -0.25) is 0 Å². The summed E-state index contributed by atoms with van der Waals surface area (Å²) in [4.78, 5) is 10.7. The number of thioether (sulfide) groups is 1. The summed E-state index contributed by atoms with van der Waals surface area (Å²) in [6.45, 7) is 0.865. The molecule has 0 aliphatic heterocycles. The van der Waals surface area contributed by atoms with Crippen LogP contribution in [0.2, 0.25) is 5.02 Å². The quantitative estimate of drug-likeness (QED) is 0.771. The van der Waals surface area contributed by atoms with Gasteiger partial charge in [-0.15, -0.1) is 0 Å². The van der Waals surface area contributed by atoms with Gasteiger partial charge in [0.1, 0.15) is 0 Å².